The molecule has 0 unspecified atom stereocenters. The van der Waals surface area contributed by atoms with Crippen molar-refractivity contribution >= 4 is 22.5 Å². The molecule has 0 atom stereocenters. The summed E-state index contributed by atoms with van der Waals surface area (Å²) in [7, 11) is -0.749. The number of hydrogen-bond acceptors (Lipinski definition) is 3. The van der Waals surface area contributed by atoms with Crippen molar-refractivity contribution < 1.29 is 0 Å². The Morgan fingerprint density at radius 2 is 1.07 bits per heavy atom. The summed E-state index contributed by atoms with van der Waals surface area (Å²) in [6.07, 6.45) is 4.75. The van der Waals surface area contributed by atoms with Crippen molar-refractivity contribution in [3.63, 3.8) is 0 Å². The lowest BCUT2D eigenvalue weighted by atomic mass is 10.1. The van der Waals surface area contributed by atoms with E-state index >= 15 is 0 Å². The molecule has 0 amide bonds. The van der Waals surface area contributed by atoms with E-state index in [1.54, 1.807) is 0 Å². The van der Waals surface area contributed by atoms with E-state index in [-0.39, 0.29) is 11.1 Å². The van der Waals surface area contributed by atoms with Gasteiger partial charge in [-0.3, -0.25) is 0 Å². The van der Waals surface area contributed by atoms with E-state index in [0.717, 1.165) is 0 Å². The van der Waals surface area contributed by atoms with Crippen LogP contribution in [0.25, 0.3) is 0 Å². The number of rotatable bonds is 0. The topological polar surface area (TPSA) is 6.48 Å². The highest BCUT2D eigenvalue weighted by Crippen LogP contribution is 2.71. The number of hydrogen-bond donors (Lipinski definition) is 0. The molecule has 2 nitrogen and oxygen atoms in total. The predicted molar refractivity (Wildman–Crippen MR) is 70.2 cm³/mol. The van der Waals surface area contributed by atoms with Gasteiger partial charge in [-0.2, -0.15) is 7.42 Å². The monoisotopic (exact) mass is 236 g/mol. The van der Waals surface area contributed by atoms with Crippen LogP contribution in [0.2, 0.25) is 0 Å². The highest BCUT2D eigenvalue weighted by atomic mass is 32.3. The maximum Gasteiger partial charge on any atom is 0.0349 e. The van der Waals surface area contributed by atoms with E-state index in [1.807, 2.05) is 12.1 Å². The van der Waals surface area contributed by atoms with Gasteiger partial charge in [0.15, 0.2) is 0 Å². The summed E-state index contributed by atoms with van der Waals surface area (Å²) in [6.45, 7) is 13.7. The second-order valence-corrected chi connectivity index (χ2v) is 10.7. The summed E-state index contributed by atoms with van der Waals surface area (Å²) < 4.78 is 5.09. The minimum atomic E-state index is -0.749. The van der Waals surface area contributed by atoms with E-state index in [9.17, 15) is 0 Å². The van der Waals surface area contributed by atoms with Crippen molar-refractivity contribution in [2.24, 2.45) is 0 Å². The van der Waals surface area contributed by atoms with Crippen LogP contribution in [0.4, 0.5) is 0 Å². The molecule has 1 heterocycles. The van der Waals surface area contributed by atoms with Crippen molar-refractivity contribution in [2.75, 3.05) is 12.5 Å². The zero-order chi connectivity index (χ0) is 11.4. The molecular formula is C10H24N2S2. The molecule has 0 spiro atoms. The summed E-state index contributed by atoms with van der Waals surface area (Å²) in [4.78, 5) is 0. The molecular weight excluding hydrogens is 212 g/mol. The Hall–Kier alpha value is 0.620. The van der Waals surface area contributed by atoms with Crippen LogP contribution in [-0.2, 0) is 0 Å². The Kier molecular flexibility index (Phi) is 3.00. The van der Waals surface area contributed by atoms with Crippen molar-refractivity contribution in [3.8, 4) is 0 Å². The molecule has 14 heavy (non-hydrogen) atoms. The van der Waals surface area contributed by atoms with E-state index < -0.39 is 10.4 Å². The van der Waals surface area contributed by atoms with Gasteiger partial charge in [-0.25, -0.2) is 0 Å². The van der Waals surface area contributed by atoms with Crippen LogP contribution in [-0.4, -0.2) is 31.0 Å². The molecule has 86 valence electrons. The third-order valence-corrected chi connectivity index (χ3v) is 8.75. The average Bonchev–Trinajstić information content (AvgIpc) is 1.77. The van der Waals surface area contributed by atoms with Gasteiger partial charge >= 0.3 is 0 Å². The Labute approximate surface area is 95.3 Å². The standard InChI is InChI=1S/C10H24N2S2/c1-9(2,3)11-13-12(10(4,5)6)14(11,7)8/h1-8H3. The van der Waals surface area contributed by atoms with Gasteiger partial charge in [0.2, 0.25) is 0 Å². The number of nitrogens with zero attached hydrogens (tertiary/aromatic N) is 2. The molecule has 0 radical (unpaired) electrons. The fourth-order valence-corrected chi connectivity index (χ4v) is 6.98. The lowest BCUT2D eigenvalue weighted by Crippen LogP contribution is -2.57. The van der Waals surface area contributed by atoms with E-state index in [1.165, 1.54) is 0 Å². The molecule has 1 saturated heterocycles. The summed E-state index contributed by atoms with van der Waals surface area (Å²) in [5.41, 5.74) is 0.538. The second-order valence-electron chi connectivity index (χ2n) is 6.16. The Morgan fingerprint density at radius 1 is 0.786 bits per heavy atom. The minimum absolute atomic E-state index is 0.269. The zero-order valence-electron chi connectivity index (χ0n) is 10.7. The molecule has 1 fully saturated rings. The van der Waals surface area contributed by atoms with E-state index in [2.05, 4.69) is 61.5 Å². The van der Waals surface area contributed by atoms with E-state index in [4.69, 9.17) is 0 Å². The van der Waals surface area contributed by atoms with Gasteiger partial charge in [0, 0.05) is 23.2 Å². The first-order valence-electron chi connectivity index (χ1n) is 4.99. The quantitative estimate of drug-likeness (QED) is 0.593. The molecule has 1 aliphatic heterocycles. The first-order chi connectivity index (χ1) is 5.97. The zero-order valence-corrected chi connectivity index (χ0v) is 12.3. The van der Waals surface area contributed by atoms with Crippen molar-refractivity contribution in [3.05, 3.63) is 0 Å². The Balaban J connectivity index is 2.79. The Bertz CT molecular complexity index is 203. The van der Waals surface area contributed by atoms with Gasteiger partial charge in [-0.1, -0.05) is 0 Å². The average molecular weight is 236 g/mol. The maximum absolute atomic E-state index is 2.55. The molecule has 0 N–H and O–H groups in total. The van der Waals surface area contributed by atoms with Gasteiger partial charge in [-0.05, 0) is 54.1 Å². The van der Waals surface area contributed by atoms with Crippen LogP contribution in [0.5, 0.6) is 0 Å². The fraction of sp³-hybridized carbons (Fsp3) is 1.00. The lowest BCUT2D eigenvalue weighted by molar-refractivity contribution is 0.310. The van der Waals surface area contributed by atoms with Crippen LogP contribution in [0.15, 0.2) is 0 Å². The van der Waals surface area contributed by atoms with Crippen LogP contribution in [0.3, 0.4) is 0 Å². The van der Waals surface area contributed by atoms with Gasteiger partial charge in [0.05, 0.1) is 0 Å². The third-order valence-electron chi connectivity index (χ3n) is 2.06. The van der Waals surface area contributed by atoms with Gasteiger partial charge < -0.3 is 0 Å². The predicted octanol–water partition coefficient (Wildman–Crippen LogP) is 3.66. The largest absolute Gasteiger partial charge is 0.180 e. The molecule has 0 aromatic carbocycles. The normalized spacial score (nSPS) is 27.1. The smallest absolute Gasteiger partial charge is 0.0349 e. The molecule has 1 rings (SSSR count). The van der Waals surface area contributed by atoms with Crippen molar-refractivity contribution in [1.82, 2.24) is 7.42 Å². The SMILES string of the molecule is CC(C)(C)N1SN(C(C)(C)C)S1(C)C. The Morgan fingerprint density at radius 3 is 1.21 bits per heavy atom. The van der Waals surface area contributed by atoms with Gasteiger partial charge in [-0.15, -0.1) is 10.4 Å². The van der Waals surface area contributed by atoms with Crippen LogP contribution in [0, 0.1) is 0 Å². The fourth-order valence-electron chi connectivity index (χ4n) is 1.86. The maximum atomic E-state index is 2.55. The van der Waals surface area contributed by atoms with Crippen LogP contribution < -0.4 is 0 Å². The summed E-state index contributed by atoms with van der Waals surface area (Å²) >= 11 is 1.90. The highest BCUT2D eigenvalue weighted by Gasteiger charge is 2.51. The first-order valence-corrected chi connectivity index (χ1v) is 8.09. The molecule has 4 heteroatoms. The lowest BCUT2D eigenvalue weighted by Gasteiger charge is -2.67. The molecule has 0 aromatic heterocycles. The summed E-state index contributed by atoms with van der Waals surface area (Å²) in [6, 6.07) is 0. The highest BCUT2D eigenvalue weighted by molar-refractivity contribution is 8.44. The summed E-state index contributed by atoms with van der Waals surface area (Å²) in [5, 5.41) is 0. The molecule has 0 aliphatic carbocycles. The molecule has 1 aliphatic rings. The molecule has 0 bridgehead atoms. The van der Waals surface area contributed by atoms with Gasteiger partial charge in [0.25, 0.3) is 0 Å². The van der Waals surface area contributed by atoms with Crippen molar-refractivity contribution in [2.45, 2.75) is 52.6 Å². The van der Waals surface area contributed by atoms with E-state index in [0.29, 0.717) is 0 Å². The van der Waals surface area contributed by atoms with Crippen LogP contribution >= 0.6 is 22.5 Å². The molecule has 0 saturated carbocycles. The van der Waals surface area contributed by atoms with Crippen molar-refractivity contribution in [1.29, 1.82) is 0 Å². The second kappa shape index (κ2) is 3.30. The van der Waals surface area contributed by atoms with Crippen LogP contribution in [0.1, 0.15) is 41.5 Å². The third kappa shape index (κ3) is 2.08. The minimum Gasteiger partial charge on any atom is -0.180 e. The first kappa shape index (κ1) is 12.7. The van der Waals surface area contributed by atoms with Gasteiger partial charge in [0.1, 0.15) is 0 Å². The molecule has 0 aromatic rings. The summed E-state index contributed by atoms with van der Waals surface area (Å²) in [5.74, 6) is 0.